The average molecular weight is 287 g/mol. The van der Waals surface area contributed by atoms with Crippen LogP contribution in [0.3, 0.4) is 0 Å². The van der Waals surface area contributed by atoms with Crippen LogP contribution in [0.5, 0.6) is 0 Å². The molecule has 0 radical (unpaired) electrons. The summed E-state index contributed by atoms with van der Waals surface area (Å²) in [5.74, 6) is 0.172. The third-order valence-electron chi connectivity index (χ3n) is 3.78. The van der Waals surface area contributed by atoms with Crippen molar-refractivity contribution in [3.8, 4) is 0 Å². The topological polar surface area (TPSA) is 32.3 Å². The number of rotatable bonds is 5. The highest BCUT2D eigenvalue weighted by Gasteiger charge is 2.25. The van der Waals surface area contributed by atoms with Gasteiger partial charge in [0.25, 0.3) is 0 Å². The Morgan fingerprint density at radius 3 is 2.33 bits per heavy atom. The second-order valence-electron chi connectivity index (χ2n) is 5.90. The lowest BCUT2D eigenvalue weighted by Gasteiger charge is -2.31. The van der Waals surface area contributed by atoms with Gasteiger partial charge in [-0.3, -0.25) is 0 Å². The van der Waals surface area contributed by atoms with E-state index in [1.54, 1.807) is 12.1 Å². The third kappa shape index (κ3) is 3.61. The molecule has 21 heavy (non-hydrogen) atoms. The van der Waals surface area contributed by atoms with Crippen molar-refractivity contribution >= 4 is 5.69 Å². The molecule has 0 saturated heterocycles. The summed E-state index contributed by atoms with van der Waals surface area (Å²) in [4.78, 5) is 0. The SMILES string of the molecule is CC(C)c1ccc(C(C)(CO)Nc2cccc(F)c2)cc1. The maximum absolute atomic E-state index is 13.3. The Bertz CT molecular complexity index is 594. The molecule has 112 valence electrons. The van der Waals surface area contributed by atoms with Crippen molar-refractivity contribution in [2.45, 2.75) is 32.2 Å². The van der Waals surface area contributed by atoms with Crippen molar-refractivity contribution in [1.29, 1.82) is 0 Å². The van der Waals surface area contributed by atoms with Gasteiger partial charge in [0.2, 0.25) is 0 Å². The van der Waals surface area contributed by atoms with Gasteiger partial charge in [0.05, 0.1) is 12.1 Å². The maximum atomic E-state index is 13.3. The molecule has 0 heterocycles. The van der Waals surface area contributed by atoms with E-state index in [4.69, 9.17) is 0 Å². The molecule has 0 aromatic heterocycles. The van der Waals surface area contributed by atoms with Crippen LogP contribution < -0.4 is 5.32 Å². The number of benzene rings is 2. The van der Waals surface area contributed by atoms with Crippen LogP contribution in [0.4, 0.5) is 10.1 Å². The summed E-state index contributed by atoms with van der Waals surface area (Å²) in [6.45, 7) is 6.11. The van der Waals surface area contributed by atoms with Gasteiger partial charge in [-0.25, -0.2) is 4.39 Å². The van der Waals surface area contributed by atoms with Gasteiger partial charge in [-0.2, -0.15) is 0 Å². The van der Waals surface area contributed by atoms with E-state index in [-0.39, 0.29) is 12.4 Å². The van der Waals surface area contributed by atoms with E-state index >= 15 is 0 Å². The molecule has 1 atom stereocenters. The van der Waals surface area contributed by atoms with E-state index in [1.165, 1.54) is 17.7 Å². The lowest BCUT2D eigenvalue weighted by atomic mass is 9.90. The Balaban J connectivity index is 2.27. The molecule has 2 rings (SSSR count). The van der Waals surface area contributed by atoms with Gasteiger partial charge in [-0.1, -0.05) is 44.2 Å². The summed E-state index contributed by atoms with van der Waals surface area (Å²) in [6, 6.07) is 14.4. The first-order chi connectivity index (χ1) is 9.94. The Labute approximate surface area is 125 Å². The van der Waals surface area contributed by atoms with Crippen molar-refractivity contribution in [2.24, 2.45) is 0 Å². The number of halogens is 1. The van der Waals surface area contributed by atoms with E-state index in [0.29, 0.717) is 11.6 Å². The summed E-state index contributed by atoms with van der Waals surface area (Å²) < 4.78 is 13.3. The average Bonchev–Trinajstić information content (AvgIpc) is 2.47. The van der Waals surface area contributed by atoms with Gasteiger partial charge < -0.3 is 10.4 Å². The van der Waals surface area contributed by atoms with Crippen molar-refractivity contribution in [3.63, 3.8) is 0 Å². The van der Waals surface area contributed by atoms with Crippen LogP contribution in [0.1, 0.15) is 37.8 Å². The Kier molecular flexibility index (Phi) is 4.63. The molecule has 2 aromatic rings. The third-order valence-corrected chi connectivity index (χ3v) is 3.78. The van der Waals surface area contributed by atoms with Crippen molar-refractivity contribution < 1.29 is 9.50 Å². The molecule has 0 fully saturated rings. The fourth-order valence-electron chi connectivity index (χ4n) is 2.32. The molecule has 0 bridgehead atoms. The summed E-state index contributed by atoms with van der Waals surface area (Å²) in [6.07, 6.45) is 0. The standard InChI is InChI=1S/C18H22FNO/c1-13(2)14-7-9-15(10-8-14)18(3,12-21)20-17-6-4-5-16(19)11-17/h4-11,13,20-21H,12H2,1-3H3. The van der Waals surface area contributed by atoms with E-state index in [1.807, 2.05) is 19.1 Å². The quantitative estimate of drug-likeness (QED) is 0.860. The normalized spacial score (nSPS) is 14.0. The fraction of sp³-hybridized carbons (Fsp3) is 0.333. The number of hydrogen-bond donors (Lipinski definition) is 2. The van der Waals surface area contributed by atoms with E-state index < -0.39 is 5.54 Å². The Morgan fingerprint density at radius 1 is 1.14 bits per heavy atom. The van der Waals surface area contributed by atoms with Crippen molar-refractivity contribution in [3.05, 3.63) is 65.5 Å². The van der Waals surface area contributed by atoms with Gasteiger partial charge in [-0.05, 0) is 42.2 Å². The minimum atomic E-state index is -0.650. The lowest BCUT2D eigenvalue weighted by Crippen LogP contribution is -2.35. The number of anilines is 1. The molecule has 1 unspecified atom stereocenters. The highest BCUT2D eigenvalue weighted by Crippen LogP contribution is 2.27. The van der Waals surface area contributed by atoms with E-state index in [9.17, 15) is 9.50 Å². The maximum Gasteiger partial charge on any atom is 0.125 e. The van der Waals surface area contributed by atoms with Crippen LogP contribution in [0.15, 0.2) is 48.5 Å². The van der Waals surface area contributed by atoms with Gasteiger partial charge in [0.15, 0.2) is 0 Å². The highest BCUT2D eigenvalue weighted by molar-refractivity contribution is 5.48. The largest absolute Gasteiger partial charge is 0.394 e. The summed E-state index contributed by atoms with van der Waals surface area (Å²) in [7, 11) is 0. The number of nitrogens with one attached hydrogen (secondary N) is 1. The second-order valence-corrected chi connectivity index (χ2v) is 5.90. The molecule has 0 saturated carbocycles. The summed E-state index contributed by atoms with van der Waals surface area (Å²) >= 11 is 0. The number of aliphatic hydroxyl groups is 1. The molecule has 3 heteroatoms. The van der Waals surface area contributed by atoms with Crippen molar-refractivity contribution in [1.82, 2.24) is 0 Å². The minimum Gasteiger partial charge on any atom is -0.394 e. The predicted molar refractivity (Wildman–Crippen MR) is 85.0 cm³/mol. The van der Waals surface area contributed by atoms with Crippen LogP contribution in [-0.2, 0) is 5.54 Å². The number of hydrogen-bond acceptors (Lipinski definition) is 2. The first-order valence-corrected chi connectivity index (χ1v) is 7.19. The zero-order valence-corrected chi connectivity index (χ0v) is 12.7. The second kappa shape index (κ2) is 6.27. The molecular weight excluding hydrogens is 265 g/mol. The molecule has 2 nitrogen and oxygen atoms in total. The molecule has 0 amide bonds. The van der Waals surface area contributed by atoms with E-state index in [2.05, 4.69) is 31.3 Å². The Hall–Kier alpha value is -1.87. The highest BCUT2D eigenvalue weighted by atomic mass is 19.1. The van der Waals surface area contributed by atoms with Crippen LogP contribution >= 0.6 is 0 Å². The van der Waals surface area contributed by atoms with Gasteiger partial charge in [-0.15, -0.1) is 0 Å². The number of aliphatic hydroxyl groups excluding tert-OH is 1. The molecule has 2 aromatic carbocycles. The van der Waals surface area contributed by atoms with Crippen molar-refractivity contribution in [2.75, 3.05) is 11.9 Å². The monoisotopic (exact) mass is 287 g/mol. The zero-order valence-electron chi connectivity index (χ0n) is 12.7. The minimum absolute atomic E-state index is 0.0788. The zero-order chi connectivity index (χ0) is 15.5. The lowest BCUT2D eigenvalue weighted by molar-refractivity contribution is 0.224. The Morgan fingerprint density at radius 2 is 1.81 bits per heavy atom. The molecule has 0 aliphatic heterocycles. The van der Waals surface area contributed by atoms with Crippen LogP contribution in [-0.4, -0.2) is 11.7 Å². The molecule has 2 N–H and O–H groups in total. The van der Waals surface area contributed by atoms with Crippen LogP contribution in [0.2, 0.25) is 0 Å². The molecule has 0 aliphatic rings. The first-order valence-electron chi connectivity index (χ1n) is 7.19. The van der Waals surface area contributed by atoms with Gasteiger partial charge in [0, 0.05) is 5.69 Å². The van der Waals surface area contributed by atoms with Crippen LogP contribution in [0.25, 0.3) is 0 Å². The summed E-state index contributed by atoms with van der Waals surface area (Å²) in [5.41, 5.74) is 2.23. The fourth-order valence-corrected chi connectivity index (χ4v) is 2.32. The summed E-state index contributed by atoms with van der Waals surface area (Å²) in [5, 5.41) is 13.0. The smallest absolute Gasteiger partial charge is 0.125 e. The van der Waals surface area contributed by atoms with E-state index in [0.717, 1.165) is 5.56 Å². The van der Waals surface area contributed by atoms with Gasteiger partial charge >= 0.3 is 0 Å². The molecular formula is C18H22FNO. The van der Waals surface area contributed by atoms with Crippen LogP contribution in [0, 0.1) is 5.82 Å². The van der Waals surface area contributed by atoms with Gasteiger partial charge in [0.1, 0.15) is 5.82 Å². The molecule has 0 spiro atoms. The molecule has 0 aliphatic carbocycles. The predicted octanol–water partition coefficient (Wildman–Crippen LogP) is 4.27. The first kappa shape index (κ1) is 15.5.